The van der Waals surface area contributed by atoms with Crippen molar-refractivity contribution in [2.24, 2.45) is 0 Å². The molecule has 1 aliphatic rings. The van der Waals surface area contributed by atoms with Crippen LogP contribution >= 0.6 is 38.9 Å². The summed E-state index contributed by atoms with van der Waals surface area (Å²) in [6.07, 6.45) is -0.617. The van der Waals surface area contributed by atoms with Crippen LogP contribution in [0.25, 0.3) is 0 Å². The largest absolute Gasteiger partial charge is 0.480 e. The minimum absolute atomic E-state index is 0.107. The van der Waals surface area contributed by atoms with E-state index in [1.54, 1.807) is 48.4 Å². The number of benzene rings is 1. The van der Waals surface area contributed by atoms with Crippen LogP contribution in [0.2, 0.25) is 5.02 Å². The van der Waals surface area contributed by atoms with Crippen molar-refractivity contribution >= 4 is 44.8 Å². The maximum Gasteiger partial charge on any atom is 0.263 e. The highest BCUT2D eigenvalue weighted by Crippen LogP contribution is 2.29. The number of aromatic nitrogens is 1. The van der Waals surface area contributed by atoms with Gasteiger partial charge in [-0.05, 0) is 41.1 Å². The summed E-state index contributed by atoms with van der Waals surface area (Å²) in [6.45, 7) is 6.44. The molecule has 152 valence electrons. The summed E-state index contributed by atoms with van der Waals surface area (Å²) >= 11 is 11.0. The molecule has 0 aliphatic carbocycles. The van der Waals surface area contributed by atoms with E-state index in [-0.39, 0.29) is 5.91 Å². The number of hydrogen-bond acceptors (Lipinski definition) is 6. The molecule has 1 aliphatic heterocycles. The Morgan fingerprint density at radius 2 is 2.21 bits per heavy atom. The van der Waals surface area contributed by atoms with Crippen molar-refractivity contribution in [2.45, 2.75) is 26.1 Å². The monoisotopic (exact) mass is 487 g/mol. The number of thiazole rings is 1. The van der Waals surface area contributed by atoms with Gasteiger partial charge in [-0.15, -0.1) is 11.3 Å². The highest BCUT2D eigenvalue weighted by molar-refractivity contribution is 9.10. The van der Waals surface area contributed by atoms with Crippen molar-refractivity contribution in [1.29, 1.82) is 0 Å². The van der Waals surface area contributed by atoms with E-state index < -0.39 is 6.10 Å². The Hall–Kier alpha value is -1.19. The van der Waals surface area contributed by atoms with Gasteiger partial charge in [0.05, 0.1) is 36.5 Å². The van der Waals surface area contributed by atoms with Gasteiger partial charge in [0, 0.05) is 30.5 Å². The van der Waals surface area contributed by atoms with Gasteiger partial charge in [-0.2, -0.15) is 0 Å². The Bertz CT molecular complexity index is 813. The van der Waals surface area contributed by atoms with E-state index in [9.17, 15) is 4.79 Å². The van der Waals surface area contributed by atoms with Gasteiger partial charge in [-0.25, -0.2) is 4.98 Å². The fourth-order valence-electron chi connectivity index (χ4n) is 2.89. The van der Waals surface area contributed by atoms with Crippen LogP contribution in [0.15, 0.2) is 28.1 Å². The zero-order valence-corrected chi connectivity index (χ0v) is 19.0. The van der Waals surface area contributed by atoms with Crippen LogP contribution in [0.1, 0.15) is 17.6 Å². The number of likely N-dealkylation sites (N-methyl/N-ethyl adjacent to an activating group) is 1. The molecule has 2 heterocycles. The third kappa shape index (κ3) is 5.90. The average Bonchev–Trinajstić information content (AvgIpc) is 3.10. The quantitative estimate of drug-likeness (QED) is 0.593. The minimum Gasteiger partial charge on any atom is -0.480 e. The Kier molecular flexibility index (Phi) is 7.70. The summed E-state index contributed by atoms with van der Waals surface area (Å²) in [7, 11) is 1.76. The van der Waals surface area contributed by atoms with Gasteiger partial charge < -0.3 is 14.4 Å². The molecule has 1 aromatic carbocycles. The maximum atomic E-state index is 12.7. The van der Waals surface area contributed by atoms with Crippen LogP contribution in [0, 0.1) is 0 Å². The van der Waals surface area contributed by atoms with Crippen molar-refractivity contribution < 1.29 is 14.3 Å². The highest BCUT2D eigenvalue weighted by Gasteiger charge is 2.21. The number of morpholine rings is 1. The molecule has 0 N–H and O–H groups in total. The zero-order chi connectivity index (χ0) is 20.1. The van der Waals surface area contributed by atoms with Crippen LogP contribution in [0.3, 0.4) is 0 Å². The van der Waals surface area contributed by atoms with E-state index in [1.165, 1.54) is 0 Å². The number of hydrogen-bond donors (Lipinski definition) is 0. The Morgan fingerprint density at radius 1 is 1.46 bits per heavy atom. The number of rotatable bonds is 7. The molecule has 0 saturated carbocycles. The van der Waals surface area contributed by atoms with Crippen molar-refractivity contribution in [1.82, 2.24) is 14.8 Å². The molecule has 1 aromatic heterocycles. The lowest BCUT2D eigenvalue weighted by Crippen LogP contribution is -2.37. The highest BCUT2D eigenvalue weighted by atomic mass is 79.9. The number of amides is 1. The Morgan fingerprint density at radius 3 is 2.93 bits per heavy atom. The Labute approximate surface area is 182 Å². The normalized spacial score (nSPS) is 16.0. The molecule has 1 saturated heterocycles. The minimum atomic E-state index is -0.617. The predicted molar refractivity (Wildman–Crippen MR) is 114 cm³/mol. The van der Waals surface area contributed by atoms with Crippen molar-refractivity contribution in [2.75, 3.05) is 33.4 Å². The predicted octanol–water partition coefficient (Wildman–Crippen LogP) is 3.82. The topological polar surface area (TPSA) is 54.9 Å². The first kappa shape index (κ1) is 21.5. The van der Waals surface area contributed by atoms with Crippen LogP contribution in [-0.2, 0) is 22.6 Å². The van der Waals surface area contributed by atoms with Gasteiger partial charge in [-0.3, -0.25) is 9.69 Å². The van der Waals surface area contributed by atoms with Gasteiger partial charge in [0.1, 0.15) is 10.8 Å². The van der Waals surface area contributed by atoms with Crippen LogP contribution < -0.4 is 4.74 Å². The van der Waals surface area contributed by atoms with E-state index in [0.29, 0.717) is 17.3 Å². The molecule has 1 fully saturated rings. The third-order valence-corrected chi connectivity index (χ3v) is 6.12. The number of carbonyl (C=O) groups is 1. The van der Waals surface area contributed by atoms with E-state index in [0.717, 1.165) is 48.0 Å². The molecule has 28 heavy (non-hydrogen) atoms. The third-order valence-electron chi connectivity index (χ3n) is 4.38. The first-order valence-corrected chi connectivity index (χ1v) is 11.1. The molecule has 1 atom stereocenters. The van der Waals surface area contributed by atoms with Gasteiger partial charge >= 0.3 is 0 Å². The summed E-state index contributed by atoms with van der Waals surface area (Å²) in [6, 6.07) is 5.21. The molecule has 0 radical (unpaired) electrons. The fourth-order valence-corrected chi connectivity index (χ4v) is 4.49. The zero-order valence-electron chi connectivity index (χ0n) is 15.9. The SMILES string of the molecule is CC(Oc1ccc(Cl)cc1Br)C(=O)N(C)Cc1csc(CN2CCOCC2)n1. The van der Waals surface area contributed by atoms with Crippen LogP contribution in [-0.4, -0.2) is 60.1 Å². The summed E-state index contributed by atoms with van der Waals surface area (Å²) in [5.41, 5.74) is 0.893. The lowest BCUT2D eigenvalue weighted by Gasteiger charge is -2.25. The first-order valence-electron chi connectivity index (χ1n) is 9.02. The lowest BCUT2D eigenvalue weighted by molar-refractivity contribution is -0.137. The van der Waals surface area contributed by atoms with Crippen LogP contribution in [0.4, 0.5) is 0 Å². The molecule has 3 rings (SSSR count). The smallest absolute Gasteiger partial charge is 0.263 e. The molecule has 2 aromatic rings. The molecular formula is C19H23BrClN3O3S. The molecule has 0 bridgehead atoms. The fraction of sp³-hybridized carbons (Fsp3) is 0.474. The average molecular weight is 489 g/mol. The van der Waals surface area contributed by atoms with Gasteiger partial charge in [-0.1, -0.05) is 11.6 Å². The van der Waals surface area contributed by atoms with E-state index in [2.05, 4.69) is 25.8 Å². The van der Waals surface area contributed by atoms with Crippen LogP contribution in [0.5, 0.6) is 5.75 Å². The Balaban J connectivity index is 1.53. The summed E-state index contributed by atoms with van der Waals surface area (Å²) in [5, 5.41) is 3.68. The van der Waals surface area contributed by atoms with Crippen molar-refractivity contribution in [3.05, 3.63) is 43.8 Å². The number of halogens is 2. The van der Waals surface area contributed by atoms with Crippen molar-refractivity contribution in [3.8, 4) is 5.75 Å². The van der Waals surface area contributed by atoms with E-state index >= 15 is 0 Å². The second-order valence-corrected chi connectivity index (χ2v) is 8.88. The molecular weight excluding hydrogens is 466 g/mol. The first-order chi connectivity index (χ1) is 13.4. The molecule has 1 amide bonds. The van der Waals surface area contributed by atoms with E-state index in [4.69, 9.17) is 21.1 Å². The standard InChI is InChI=1S/C19H23BrClN3O3S/c1-13(27-17-4-3-14(21)9-16(17)20)19(25)23(2)10-15-12-28-18(22-15)11-24-5-7-26-8-6-24/h3-4,9,12-13H,5-8,10-11H2,1-2H3. The second-order valence-electron chi connectivity index (χ2n) is 6.65. The molecule has 1 unspecified atom stereocenters. The van der Waals surface area contributed by atoms with Crippen molar-refractivity contribution in [3.63, 3.8) is 0 Å². The lowest BCUT2D eigenvalue weighted by atomic mass is 10.3. The summed E-state index contributed by atoms with van der Waals surface area (Å²) in [5.74, 6) is 0.477. The summed E-state index contributed by atoms with van der Waals surface area (Å²) < 4.78 is 11.9. The van der Waals surface area contributed by atoms with Gasteiger partial charge in [0.2, 0.25) is 0 Å². The number of nitrogens with zero attached hydrogens (tertiary/aromatic N) is 3. The van der Waals surface area contributed by atoms with E-state index in [1.807, 2.05) is 5.38 Å². The second kappa shape index (κ2) is 10.0. The van der Waals surface area contributed by atoms with Gasteiger partial charge in [0.25, 0.3) is 5.91 Å². The van der Waals surface area contributed by atoms with Gasteiger partial charge in [0.15, 0.2) is 6.10 Å². The summed E-state index contributed by atoms with van der Waals surface area (Å²) in [4.78, 5) is 21.3. The maximum absolute atomic E-state index is 12.7. The molecule has 9 heteroatoms. The molecule has 6 nitrogen and oxygen atoms in total. The number of ether oxygens (including phenoxy) is 2. The molecule has 0 spiro atoms. The number of carbonyl (C=O) groups excluding carboxylic acids is 1.